The van der Waals surface area contributed by atoms with Crippen LogP contribution in [0, 0.1) is 11.8 Å². The number of nitrogens with zero attached hydrogens (tertiary/aromatic N) is 2. The van der Waals surface area contributed by atoms with Crippen LogP contribution in [0.3, 0.4) is 0 Å². The number of ether oxygens (including phenoxy) is 1. The molecule has 0 bridgehead atoms. The van der Waals surface area contributed by atoms with E-state index in [2.05, 4.69) is 26.0 Å². The quantitative estimate of drug-likeness (QED) is 0.440. The summed E-state index contributed by atoms with van der Waals surface area (Å²) in [7, 11) is 3.63. The van der Waals surface area contributed by atoms with E-state index in [1.54, 1.807) is 18.9 Å². The first-order valence-electron chi connectivity index (χ1n) is 12.2. The van der Waals surface area contributed by atoms with E-state index >= 15 is 0 Å². The third-order valence-electron chi connectivity index (χ3n) is 6.59. The molecule has 0 radical (unpaired) electrons. The number of likely N-dealkylation sites (tertiary alicyclic amines) is 1. The number of hydrogen-bond acceptors (Lipinski definition) is 4. The Hall–Kier alpha value is -2.47. The summed E-state index contributed by atoms with van der Waals surface area (Å²) >= 11 is 1.59. The molecule has 0 aromatic heterocycles. The first-order chi connectivity index (χ1) is 16.4. The molecule has 5 nitrogen and oxygen atoms in total. The Morgan fingerprint density at radius 1 is 1.09 bits per heavy atom. The van der Waals surface area contributed by atoms with E-state index in [1.165, 1.54) is 5.56 Å². The van der Waals surface area contributed by atoms with Crippen molar-refractivity contribution in [2.75, 3.05) is 33.0 Å². The first-order valence-corrected chi connectivity index (χ1v) is 13.2. The van der Waals surface area contributed by atoms with Crippen molar-refractivity contribution in [2.45, 2.75) is 50.5 Å². The summed E-state index contributed by atoms with van der Waals surface area (Å²) in [6, 6.07) is 18.3. The Balaban J connectivity index is 1.64. The summed E-state index contributed by atoms with van der Waals surface area (Å²) in [5.74, 6) is 2.38. The third kappa shape index (κ3) is 7.52. The molecular weight excluding hydrogens is 444 g/mol. The van der Waals surface area contributed by atoms with E-state index < -0.39 is 0 Å². The van der Waals surface area contributed by atoms with Crippen molar-refractivity contribution in [3.8, 4) is 5.75 Å². The Morgan fingerprint density at radius 2 is 1.79 bits per heavy atom. The number of rotatable bonds is 10. The van der Waals surface area contributed by atoms with Crippen molar-refractivity contribution in [2.24, 2.45) is 11.8 Å². The highest BCUT2D eigenvalue weighted by molar-refractivity contribution is 8.00. The van der Waals surface area contributed by atoms with E-state index in [9.17, 15) is 9.59 Å². The lowest BCUT2D eigenvalue weighted by Gasteiger charge is -2.40. The lowest BCUT2D eigenvalue weighted by atomic mass is 9.84. The molecule has 2 aromatic rings. The third-order valence-corrected chi connectivity index (χ3v) is 7.59. The fraction of sp³-hybridized carbons (Fsp3) is 0.500. The first kappa shape index (κ1) is 26.1. The minimum Gasteiger partial charge on any atom is -0.497 e. The van der Waals surface area contributed by atoms with Crippen LogP contribution in [-0.2, 0) is 16.0 Å². The molecule has 184 valence electrons. The second kappa shape index (κ2) is 12.8. The fourth-order valence-electron chi connectivity index (χ4n) is 4.63. The number of piperidine rings is 1. The molecule has 0 saturated carbocycles. The lowest BCUT2D eigenvalue weighted by molar-refractivity contribution is -0.136. The molecule has 0 aliphatic carbocycles. The second-order valence-electron chi connectivity index (χ2n) is 9.55. The number of carbonyl (C=O) groups is 2. The minimum atomic E-state index is 0.106. The number of benzene rings is 2. The van der Waals surface area contributed by atoms with Crippen LogP contribution in [0.5, 0.6) is 5.75 Å². The maximum absolute atomic E-state index is 13.0. The number of likely N-dealkylation sites (N-methyl/N-ethyl adjacent to an activating group) is 1. The van der Waals surface area contributed by atoms with Gasteiger partial charge in [0.25, 0.3) is 0 Å². The molecule has 34 heavy (non-hydrogen) atoms. The molecule has 1 fully saturated rings. The van der Waals surface area contributed by atoms with Gasteiger partial charge in [0.15, 0.2) is 0 Å². The van der Waals surface area contributed by atoms with Crippen LogP contribution in [0.4, 0.5) is 0 Å². The van der Waals surface area contributed by atoms with Crippen molar-refractivity contribution in [1.82, 2.24) is 9.80 Å². The zero-order valence-electron chi connectivity index (χ0n) is 20.9. The van der Waals surface area contributed by atoms with Crippen LogP contribution < -0.4 is 4.74 Å². The van der Waals surface area contributed by atoms with E-state index in [4.69, 9.17) is 4.74 Å². The van der Waals surface area contributed by atoms with Crippen molar-refractivity contribution in [1.29, 1.82) is 0 Å². The zero-order chi connectivity index (χ0) is 24.5. The highest BCUT2D eigenvalue weighted by Crippen LogP contribution is 2.29. The Labute approximate surface area is 208 Å². The molecular formula is C28H38N2O3S. The van der Waals surface area contributed by atoms with E-state index in [0.717, 1.165) is 43.0 Å². The van der Waals surface area contributed by atoms with Gasteiger partial charge in [0.2, 0.25) is 11.8 Å². The summed E-state index contributed by atoms with van der Waals surface area (Å²) in [5, 5.41) is 0. The molecule has 1 atom stereocenters. The lowest BCUT2D eigenvalue weighted by Crippen LogP contribution is -2.48. The topological polar surface area (TPSA) is 49.9 Å². The monoisotopic (exact) mass is 482 g/mol. The molecule has 6 heteroatoms. The maximum atomic E-state index is 13.0. The van der Waals surface area contributed by atoms with E-state index in [1.807, 2.05) is 59.3 Å². The molecule has 2 aromatic carbocycles. The van der Waals surface area contributed by atoms with Gasteiger partial charge < -0.3 is 14.5 Å². The number of amides is 2. The largest absolute Gasteiger partial charge is 0.497 e. The van der Waals surface area contributed by atoms with Crippen LogP contribution in [0.1, 0.15) is 38.7 Å². The van der Waals surface area contributed by atoms with E-state index in [0.29, 0.717) is 24.0 Å². The smallest absolute Gasteiger partial charge is 0.232 e. The van der Waals surface area contributed by atoms with Gasteiger partial charge in [-0.1, -0.05) is 44.2 Å². The van der Waals surface area contributed by atoms with Crippen LogP contribution in [0.2, 0.25) is 0 Å². The van der Waals surface area contributed by atoms with Gasteiger partial charge in [-0.2, -0.15) is 0 Å². The predicted molar refractivity (Wildman–Crippen MR) is 139 cm³/mol. The second-order valence-corrected chi connectivity index (χ2v) is 10.6. The van der Waals surface area contributed by atoms with Crippen molar-refractivity contribution < 1.29 is 14.3 Å². The summed E-state index contributed by atoms with van der Waals surface area (Å²) in [6.45, 7) is 5.67. The molecule has 0 unspecified atom stereocenters. The molecule has 3 rings (SSSR count). The van der Waals surface area contributed by atoms with Crippen LogP contribution in [-0.4, -0.2) is 60.7 Å². The Morgan fingerprint density at radius 3 is 2.44 bits per heavy atom. The van der Waals surface area contributed by atoms with Gasteiger partial charge in [0, 0.05) is 37.5 Å². The summed E-state index contributed by atoms with van der Waals surface area (Å²) in [5.41, 5.74) is 1.17. The predicted octanol–water partition coefficient (Wildman–Crippen LogP) is 5.14. The average molecular weight is 483 g/mol. The van der Waals surface area contributed by atoms with Gasteiger partial charge in [-0.3, -0.25) is 9.59 Å². The molecule has 0 spiro atoms. The van der Waals surface area contributed by atoms with Crippen LogP contribution >= 0.6 is 11.8 Å². The molecule has 1 aliphatic rings. The number of thioether (sulfide) groups is 1. The molecule has 1 heterocycles. The van der Waals surface area contributed by atoms with Gasteiger partial charge in [0.1, 0.15) is 5.75 Å². The summed E-state index contributed by atoms with van der Waals surface area (Å²) < 4.78 is 5.41. The SMILES string of the molecule is COc1cccc(C[C@H](C2CCN(C(=O)CSc3ccccc3)CC2)N(C)C(=O)CC(C)C)c1. The number of methoxy groups -OCH3 is 1. The van der Waals surface area contributed by atoms with Gasteiger partial charge in [-0.15, -0.1) is 11.8 Å². The fourth-order valence-corrected chi connectivity index (χ4v) is 5.45. The molecule has 0 N–H and O–H groups in total. The minimum absolute atomic E-state index is 0.106. The summed E-state index contributed by atoms with van der Waals surface area (Å²) in [6.07, 6.45) is 3.17. The van der Waals surface area contributed by atoms with Crippen molar-refractivity contribution in [3.63, 3.8) is 0 Å². The standard InChI is InChI=1S/C28H38N2O3S/c1-21(2)17-27(31)29(3)26(19-22-9-8-10-24(18-22)33-4)23-13-15-30(16-14-23)28(32)20-34-25-11-6-5-7-12-25/h5-12,18,21,23,26H,13-17,19-20H2,1-4H3/t26-/m1/s1. The highest BCUT2D eigenvalue weighted by atomic mass is 32.2. The number of carbonyl (C=O) groups excluding carboxylic acids is 2. The van der Waals surface area contributed by atoms with Gasteiger partial charge in [-0.05, 0) is 60.9 Å². The average Bonchev–Trinajstić information content (AvgIpc) is 2.86. The summed E-state index contributed by atoms with van der Waals surface area (Å²) in [4.78, 5) is 30.9. The van der Waals surface area contributed by atoms with Gasteiger partial charge in [-0.25, -0.2) is 0 Å². The van der Waals surface area contributed by atoms with Crippen molar-refractivity contribution >= 4 is 23.6 Å². The maximum Gasteiger partial charge on any atom is 0.232 e. The Bertz CT molecular complexity index is 926. The van der Waals surface area contributed by atoms with Gasteiger partial charge >= 0.3 is 0 Å². The molecule has 1 saturated heterocycles. The Kier molecular flexibility index (Phi) is 9.87. The van der Waals surface area contributed by atoms with Crippen molar-refractivity contribution in [3.05, 3.63) is 60.2 Å². The molecule has 2 amide bonds. The van der Waals surface area contributed by atoms with E-state index in [-0.39, 0.29) is 17.9 Å². The van der Waals surface area contributed by atoms with Crippen LogP contribution in [0.15, 0.2) is 59.5 Å². The number of hydrogen-bond donors (Lipinski definition) is 0. The highest BCUT2D eigenvalue weighted by Gasteiger charge is 2.32. The zero-order valence-corrected chi connectivity index (χ0v) is 21.7. The van der Waals surface area contributed by atoms with Crippen LogP contribution in [0.25, 0.3) is 0 Å². The van der Waals surface area contributed by atoms with Gasteiger partial charge in [0.05, 0.1) is 12.9 Å². The molecule has 1 aliphatic heterocycles. The normalized spacial score (nSPS) is 15.3.